The van der Waals surface area contributed by atoms with Crippen molar-refractivity contribution in [1.82, 2.24) is 19.8 Å². The van der Waals surface area contributed by atoms with Crippen LogP contribution < -0.4 is 16.7 Å². The summed E-state index contributed by atoms with van der Waals surface area (Å²) in [7, 11) is 0. The van der Waals surface area contributed by atoms with Crippen molar-refractivity contribution >= 4 is 60.4 Å². The van der Waals surface area contributed by atoms with Crippen LogP contribution in [-0.2, 0) is 4.79 Å². The molecule has 0 aliphatic carbocycles. The Bertz CT molecular complexity index is 1200. The minimum absolute atomic E-state index is 0.00492. The summed E-state index contributed by atoms with van der Waals surface area (Å²) in [4.78, 5) is 42.1. The van der Waals surface area contributed by atoms with E-state index >= 15 is 0 Å². The molecule has 0 radical (unpaired) electrons. The van der Waals surface area contributed by atoms with E-state index in [1.807, 2.05) is 24.3 Å². The topological polar surface area (TPSA) is 113 Å². The number of nitrogens with zero attached hydrogens (tertiary/aromatic N) is 2. The van der Waals surface area contributed by atoms with Crippen LogP contribution in [0.1, 0.15) is 35.7 Å². The van der Waals surface area contributed by atoms with Crippen molar-refractivity contribution in [3.8, 4) is 0 Å². The molecule has 2 amide bonds. The molecule has 3 aromatic rings. The van der Waals surface area contributed by atoms with Gasteiger partial charge in [0.2, 0.25) is 5.91 Å². The zero-order valence-corrected chi connectivity index (χ0v) is 20.4. The SMILES string of the molecule is Nc1c(Br)cc(C(=O)NCCC(=O)N2CCC(n3c(=O)[nH]c4ccccc43)CC2)cc1Br. The van der Waals surface area contributed by atoms with Crippen molar-refractivity contribution < 1.29 is 9.59 Å². The van der Waals surface area contributed by atoms with E-state index in [2.05, 4.69) is 42.2 Å². The molecule has 4 rings (SSSR count). The zero-order chi connectivity index (χ0) is 22.8. The van der Waals surface area contributed by atoms with Crippen molar-refractivity contribution in [1.29, 1.82) is 0 Å². The molecular weight excluding hydrogens is 542 g/mol. The number of fused-ring (bicyclic) bond motifs is 1. The van der Waals surface area contributed by atoms with Crippen molar-refractivity contribution in [2.75, 3.05) is 25.4 Å². The molecule has 32 heavy (non-hydrogen) atoms. The summed E-state index contributed by atoms with van der Waals surface area (Å²) in [5.74, 6) is -0.272. The second-order valence-corrected chi connectivity index (χ2v) is 9.50. The van der Waals surface area contributed by atoms with Crippen LogP contribution in [0.5, 0.6) is 0 Å². The van der Waals surface area contributed by atoms with Crippen LogP contribution in [0.4, 0.5) is 5.69 Å². The first-order valence-electron chi connectivity index (χ1n) is 10.3. The number of carbonyl (C=O) groups excluding carboxylic acids is 2. The van der Waals surface area contributed by atoms with Crippen molar-refractivity contribution in [2.45, 2.75) is 25.3 Å². The third kappa shape index (κ3) is 4.61. The highest BCUT2D eigenvalue weighted by Gasteiger charge is 2.26. The summed E-state index contributed by atoms with van der Waals surface area (Å²) in [6.07, 6.45) is 1.65. The maximum Gasteiger partial charge on any atom is 0.326 e. The monoisotopic (exact) mass is 563 g/mol. The number of nitrogens with two attached hydrogens (primary N) is 1. The highest BCUT2D eigenvalue weighted by atomic mass is 79.9. The number of likely N-dealkylation sites (tertiary alicyclic amines) is 1. The number of anilines is 1. The Kier molecular flexibility index (Phi) is 6.71. The van der Waals surface area contributed by atoms with E-state index in [1.165, 1.54) is 0 Å². The molecule has 1 aromatic heterocycles. The third-order valence-electron chi connectivity index (χ3n) is 5.77. The number of hydrogen-bond acceptors (Lipinski definition) is 4. The molecule has 1 fully saturated rings. The molecule has 1 aliphatic rings. The number of hydrogen-bond donors (Lipinski definition) is 3. The van der Waals surface area contributed by atoms with Crippen molar-refractivity contribution in [3.63, 3.8) is 0 Å². The number of piperidine rings is 1. The first kappa shape index (κ1) is 22.6. The third-order valence-corrected chi connectivity index (χ3v) is 7.08. The van der Waals surface area contributed by atoms with Gasteiger partial charge in [-0.1, -0.05) is 12.1 Å². The lowest BCUT2D eigenvalue weighted by Gasteiger charge is -2.32. The van der Waals surface area contributed by atoms with Gasteiger partial charge in [0.15, 0.2) is 0 Å². The summed E-state index contributed by atoms with van der Waals surface area (Å²) >= 11 is 6.65. The van der Waals surface area contributed by atoms with Crippen LogP contribution in [-0.4, -0.2) is 45.9 Å². The Balaban J connectivity index is 1.29. The number of rotatable bonds is 5. The van der Waals surface area contributed by atoms with Gasteiger partial charge in [-0.05, 0) is 69.0 Å². The van der Waals surface area contributed by atoms with E-state index in [0.29, 0.717) is 46.1 Å². The Labute approximate surface area is 201 Å². The summed E-state index contributed by atoms with van der Waals surface area (Å²) < 4.78 is 3.07. The number of H-pyrrole nitrogens is 1. The Morgan fingerprint density at radius 2 is 1.78 bits per heavy atom. The number of carbonyl (C=O) groups is 2. The molecule has 2 aromatic carbocycles. The number of para-hydroxylation sites is 2. The molecule has 8 nitrogen and oxygen atoms in total. The molecule has 0 atom stereocenters. The number of aromatic amines is 1. The summed E-state index contributed by atoms with van der Waals surface area (Å²) in [6.45, 7) is 1.42. The molecule has 0 bridgehead atoms. The number of nitrogens with one attached hydrogen (secondary N) is 2. The minimum Gasteiger partial charge on any atom is -0.397 e. The highest BCUT2D eigenvalue weighted by Crippen LogP contribution is 2.29. The van der Waals surface area contributed by atoms with Crippen LogP contribution in [0, 0.1) is 0 Å². The highest BCUT2D eigenvalue weighted by molar-refractivity contribution is 9.11. The van der Waals surface area contributed by atoms with Gasteiger partial charge < -0.3 is 20.9 Å². The fraction of sp³-hybridized carbons (Fsp3) is 0.318. The van der Waals surface area contributed by atoms with E-state index in [0.717, 1.165) is 11.0 Å². The molecule has 1 saturated heterocycles. The number of aromatic nitrogens is 2. The van der Waals surface area contributed by atoms with E-state index in [-0.39, 0.29) is 36.5 Å². The molecule has 168 valence electrons. The van der Waals surface area contributed by atoms with Gasteiger partial charge in [-0.2, -0.15) is 0 Å². The maximum absolute atomic E-state index is 12.6. The molecule has 10 heteroatoms. The largest absolute Gasteiger partial charge is 0.397 e. The normalized spacial score (nSPS) is 14.6. The minimum atomic E-state index is -0.267. The Morgan fingerprint density at radius 1 is 1.12 bits per heavy atom. The lowest BCUT2D eigenvalue weighted by Crippen LogP contribution is -2.41. The average molecular weight is 565 g/mol. The van der Waals surface area contributed by atoms with E-state index in [1.54, 1.807) is 21.6 Å². The van der Waals surface area contributed by atoms with E-state index in [4.69, 9.17) is 5.73 Å². The van der Waals surface area contributed by atoms with Gasteiger partial charge in [-0.15, -0.1) is 0 Å². The van der Waals surface area contributed by atoms with Gasteiger partial charge in [-0.25, -0.2) is 4.79 Å². The molecule has 4 N–H and O–H groups in total. The summed E-state index contributed by atoms with van der Waals surface area (Å²) in [5.41, 5.74) is 8.44. The number of benzene rings is 2. The lowest BCUT2D eigenvalue weighted by molar-refractivity contribution is -0.132. The van der Waals surface area contributed by atoms with Crippen LogP contribution in [0.15, 0.2) is 50.1 Å². The van der Waals surface area contributed by atoms with Gasteiger partial charge in [-0.3, -0.25) is 14.2 Å². The van der Waals surface area contributed by atoms with E-state index in [9.17, 15) is 14.4 Å². The number of imidazole rings is 1. The molecular formula is C22H23Br2N5O3. The quantitative estimate of drug-likeness (QED) is 0.412. The number of amides is 2. The molecule has 1 aliphatic heterocycles. The predicted molar refractivity (Wildman–Crippen MR) is 131 cm³/mol. The van der Waals surface area contributed by atoms with Crippen molar-refractivity contribution in [2.24, 2.45) is 0 Å². The fourth-order valence-corrected chi connectivity index (χ4v) is 5.26. The van der Waals surface area contributed by atoms with Gasteiger partial charge in [0.1, 0.15) is 0 Å². The molecule has 0 saturated carbocycles. The second-order valence-electron chi connectivity index (χ2n) is 7.79. The standard InChI is InChI=1S/C22H23Br2N5O3/c23-15-11-13(12-16(24)20(15)25)21(31)26-8-5-19(30)28-9-6-14(7-10-28)29-18-4-2-1-3-17(18)27-22(29)32/h1-4,11-12,14H,5-10,25H2,(H,26,31)(H,27,32). The zero-order valence-electron chi connectivity index (χ0n) is 17.2. The van der Waals surface area contributed by atoms with E-state index < -0.39 is 0 Å². The van der Waals surface area contributed by atoms with Gasteiger partial charge in [0, 0.05) is 46.6 Å². The average Bonchev–Trinajstić information content (AvgIpc) is 3.12. The van der Waals surface area contributed by atoms with Gasteiger partial charge in [0.05, 0.1) is 16.7 Å². The maximum atomic E-state index is 12.6. The summed E-state index contributed by atoms with van der Waals surface area (Å²) in [5, 5.41) is 2.78. The smallest absolute Gasteiger partial charge is 0.326 e. The van der Waals surface area contributed by atoms with Crippen LogP contribution in [0.25, 0.3) is 11.0 Å². The van der Waals surface area contributed by atoms with Crippen LogP contribution in [0.3, 0.4) is 0 Å². The predicted octanol–water partition coefficient (Wildman–Crippen LogP) is 3.42. The Morgan fingerprint density at radius 3 is 2.47 bits per heavy atom. The lowest BCUT2D eigenvalue weighted by atomic mass is 10.0. The van der Waals surface area contributed by atoms with Gasteiger partial charge in [0.25, 0.3) is 5.91 Å². The Hall–Kier alpha value is -2.59. The fourth-order valence-electron chi connectivity index (χ4n) is 4.07. The molecule has 0 unspecified atom stereocenters. The first-order valence-corrected chi connectivity index (χ1v) is 11.9. The van der Waals surface area contributed by atoms with Crippen molar-refractivity contribution in [3.05, 3.63) is 61.4 Å². The molecule has 0 spiro atoms. The van der Waals surface area contributed by atoms with Crippen LogP contribution >= 0.6 is 31.9 Å². The second kappa shape index (κ2) is 9.50. The molecule has 2 heterocycles. The number of nitrogen functional groups attached to an aromatic ring is 1. The van der Waals surface area contributed by atoms with Crippen LogP contribution in [0.2, 0.25) is 0 Å². The number of halogens is 2. The first-order chi connectivity index (χ1) is 15.3. The summed E-state index contributed by atoms with van der Waals surface area (Å²) in [6, 6.07) is 11.0. The van der Waals surface area contributed by atoms with Gasteiger partial charge >= 0.3 is 5.69 Å².